The molecule has 0 radical (unpaired) electrons. The van der Waals surface area contributed by atoms with E-state index in [-0.39, 0.29) is 11.7 Å². The molecule has 1 fully saturated rings. The lowest BCUT2D eigenvalue weighted by atomic mass is 9.83. The van der Waals surface area contributed by atoms with Crippen LogP contribution in [0.4, 0.5) is 22.2 Å². The highest BCUT2D eigenvalue weighted by Crippen LogP contribution is 2.28. The summed E-state index contributed by atoms with van der Waals surface area (Å²) < 4.78 is 24.0. The lowest BCUT2D eigenvalue weighted by Crippen LogP contribution is -2.27. The van der Waals surface area contributed by atoms with Crippen molar-refractivity contribution in [2.45, 2.75) is 45.7 Å². The normalized spacial score (nSPS) is 16.3. The summed E-state index contributed by atoms with van der Waals surface area (Å²) >= 11 is 0. The number of hydrogen-bond donors (Lipinski definition) is 5. The lowest BCUT2D eigenvalue weighted by Gasteiger charge is -2.26. The quantitative estimate of drug-likeness (QED) is 0.133. The van der Waals surface area contributed by atoms with Gasteiger partial charge in [-0.1, -0.05) is 44.0 Å². The van der Waals surface area contributed by atoms with Gasteiger partial charge in [-0.15, -0.1) is 0 Å². The third kappa shape index (κ3) is 11.7. The van der Waals surface area contributed by atoms with Crippen molar-refractivity contribution in [1.29, 1.82) is 0 Å². The number of nitrogens with zero attached hydrogens (tertiary/aromatic N) is 3. The topological polar surface area (TPSA) is 148 Å². The van der Waals surface area contributed by atoms with E-state index in [9.17, 15) is 9.18 Å². The van der Waals surface area contributed by atoms with Gasteiger partial charge in [-0.25, -0.2) is 4.39 Å². The second-order valence-corrected chi connectivity index (χ2v) is 11.1. The number of rotatable bonds is 18. The summed E-state index contributed by atoms with van der Waals surface area (Å²) in [5, 5.41) is 12.8. The Hall–Kier alpha value is -3.87. The first-order valence-corrected chi connectivity index (χ1v) is 15.4. The summed E-state index contributed by atoms with van der Waals surface area (Å²) in [5.41, 5.74) is 7.82. The van der Waals surface area contributed by atoms with Crippen LogP contribution >= 0.6 is 0 Å². The highest BCUT2D eigenvalue weighted by molar-refractivity contribution is 5.94. The molecular weight excluding hydrogens is 563 g/mol. The molecule has 6 N–H and O–H groups in total. The molecule has 2 aromatic carbocycles. The van der Waals surface area contributed by atoms with Crippen LogP contribution in [0.3, 0.4) is 0 Å². The summed E-state index contributed by atoms with van der Waals surface area (Å²) in [5.74, 6) is 2.30. The summed E-state index contributed by atoms with van der Waals surface area (Å²) in [6.07, 6.45) is 4.91. The minimum absolute atomic E-state index is 0.162. The van der Waals surface area contributed by atoms with Crippen molar-refractivity contribution in [1.82, 2.24) is 20.3 Å². The van der Waals surface area contributed by atoms with Crippen molar-refractivity contribution < 1.29 is 18.7 Å². The number of halogens is 1. The lowest BCUT2D eigenvalue weighted by molar-refractivity contribution is 0.0511. The third-order valence-electron chi connectivity index (χ3n) is 7.52. The molecule has 0 aliphatic heterocycles. The van der Waals surface area contributed by atoms with Gasteiger partial charge in [-0.3, -0.25) is 4.79 Å². The first-order chi connectivity index (χ1) is 21.5. The zero-order valence-corrected chi connectivity index (χ0v) is 25.5. The van der Waals surface area contributed by atoms with E-state index in [4.69, 9.17) is 15.2 Å². The minimum Gasteiger partial charge on any atom is -0.378 e. The molecule has 0 saturated heterocycles. The monoisotopic (exact) mass is 608 g/mol. The molecule has 1 aliphatic rings. The van der Waals surface area contributed by atoms with Gasteiger partial charge in [0.25, 0.3) is 5.91 Å². The molecule has 0 atom stereocenters. The van der Waals surface area contributed by atoms with Gasteiger partial charge >= 0.3 is 0 Å². The molecule has 11 nitrogen and oxygen atoms in total. The van der Waals surface area contributed by atoms with Crippen molar-refractivity contribution in [2.24, 2.45) is 17.6 Å². The zero-order chi connectivity index (χ0) is 31.0. The van der Waals surface area contributed by atoms with Crippen LogP contribution in [0.25, 0.3) is 0 Å². The van der Waals surface area contributed by atoms with Crippen LogP contribution in [-0.2, 0) is 22.6 Å². The number of carbonyl (C=O) groups excluding carboxylic acids is 1. The maximum absolute atomic E-state index is 13.3. The van der Waals surface area contributed by atoms with E-state index in [0.29, 0.717) is 81.9 Å². The van der Waals surface area contributed by atoms with Crippen LogP contribution in [0.5, 0.6) is 0 Å². The van der Waals surface area contributed by atoms with Gasteiger partial charge in [0, 0.05) is 38.3 Å². The number of ether oxygens (including phenoxy) is 2. The molecule has 12 heteroatoms. The molecule has 1 saturated carbocycles. The summed E-state index contributed by atoms with van der Waals surface area (Å²) in [6.45, 7) is 6.79. The van der Waals surface area contributed by atoms with E-state index in [1.165, 1.54) is 37.8 Å². The van der Waals surface area contributed by atoms with E-state index in [1.807, 2.05) is 12.1 Å². The zero-order valence-electron chi connectivity index (χ0n) is 25.5. The Bertz CT molecular complexity index is 1270. The van der Waals surface area contributed by atoms with Crippen LogP contribution in [0.15, 0.2) is 48.5 Å². The molecule has 4 rings (SSSR count). The highest BCUT2D eigenvalue weighted by atomic mass is 19.1. The van der Waals surface area contributed by atoms with Crippen molar-refractivity contribution >= 4 is 23.8 Å². The predicted octanol–water partition coefficient (Wildman–Crippen LogP) is 4.19. The van der Waals surface area contributed by atoms with Crippen LogP contribution in [0.1, 0.15) is 54.1 Å². The molecule has 0 unspecified atom stereocenters. The summed E-state index contributed by atoms with van der Waals surface area (Å²) in [6, 6.07) is 13.7. The smallest absolute Gasteiger partial charge is 0.251 e. The standard InChI is InChI=1S/C32H45FN8O3/c1-23-2-4-24(5-3-23)20-36-30-39-31(41-32(40-30)38-22-26-8-12-28(33)13-9-26)37-21-25-6-10-27(11-7-25)29(42)35-15-17-44-19-18-43-16-14-34/h6-13,23-24H,2-5,14-22,34H2,1H3,(H,35,42)(H3,36,37,38,39,40,41). The van der Waals surface area contributed by atoms with Gasteiger partial charge in [0.15, 0.2) is 0 Å². The number of nitrogens with one attached hydrogen (secondary N) is 4. The first kappa shape index (κ1) is 33.0. The van der Waals surface area contributed by atoms with Crippen LogP contribution in [-0.4, -0.2) is 66.9 Å². The Kier molecular flexibility index (Phi) is 13.6. The van der Waals surface area contributed by atoms with E-state index < -0.39 is 0 Å². The number of anilines is 3. The van der Waals surface area contributed by atoms with Crippen LogP contribution in [0, 0.1) is 17.7 Å². The number of nitrogens with two attached hydrogens (primary N) is 1. The Labute approximate surface area is 258 Å². The fourth-order valence-corrected chi connectivity index (χ4v) is 4.86. The molecule has 0 spiro atoms. The minimum atomic E-state index is -0.275. The highest BCUT2D eigenvalue weighted by Gasteiger charge is 2.18. The van der Waals surface area contributed by atoms with Crippen LogP contribution in [0.2, 0.25) is 0 Å². The van der Waals surface area contributed by atoms with Crippen molar-refractivity contribution in [2.75, 3.05) is 62.0 Å². The molecule has 44 heavy (non-hydrogen) atoms. The van der Waals surface area contributed by atoms with Crippen molar-refractivity contribution in [3.05, 3.63) is 71.0 Å². The molecule has 238 valence electrons. The molecule has 1 aromatic heterocycles. The Balaban J connectivity index is 1.29. The Morgan fingerprint density at radius 1 is 0.795 bits per heavy atom. The summed E-state index contributed by atoms with van der Waals surface area (Å²) in [7, 11) is 0. The molecule has 0 bridgehead atoms. The SMILES string of the molecule is CC1CCC(CNc2nc(NCc3ccc(F)cc3)nc(NCc3ccc(C(=O)NCCOCCOCCN)cc3)n2)CC1. The maximum Gasteiger partial charge on any atom is 0.251 e. The number of aromatic nitrogens is 3. The van der Waals surface area contributed by atoms with Gasteiger partial charge in [0.1, 0.15) is 5.82 Å². The number of carbonyl (C=O) groups is 1. The van der Waals surface area contributed by atoms with E-state index in [2.05, 4.69) is 43.1 Å². The van der Waals surface area contributed by atoms with Gasteiger partial charge in [0.2, 0.25) is 17.8 Å². The molecule has 3 aromatic rings. The van der Waals surface area contributed by atoms with Crippen molar-refractivity contribution in [3.8, 4) is 0 Å². The van der Waals surface area contributed by atoms with E-state index in [0.717, 1.165) is 23.6 Å². The maximum atomic E-state index is 13.3. The Morgan fingerprint density at radius 3 is 1.93 bits per heavy atom. The Morgan fingerprint density at radius 2 is 1.34 bits per heavy atom. The van der Waals surface area contributed by atoms with Crippen molar-refractivity contribution in [3.63, 3.8) is 0 Å². The number of amides is 1. The van der Waals surface area contributed by atoms with E-state index in [1.54, 1.807) is 24.3 Å². The molecule has 1 amide bonds. The number of benzene rings is 2. The van der Waals surface area contributed by atoms with Gasteiger partial charge in [-0.2, -0.15) is 15.0 Å². The average molecular weight is 609 g/mol. The fraction of sp³-hybridized carbons (Fsp3) is 0.500. The van der Waals surface area contributed by atoms with E-state index >= 15 is 0 Å². The second-order valence-electron chi connectivity index (χ2n) is 11.1. The molecule has 1 heterocycles. The average Bonchev–Trinajstić information content (AvgIpc) is 3.04. The first-order valence-electron chi connectivity index (χ1n) is 15.4. The summed E-state index contributed by atoms with van der Waals surface area (Å²) in [4.78, 5) is 26.2. The fourth-order valence-electron chi connectivity index (χ4n) is 4.86. The van der Waals surface area contributed by atoms with Crippen LogP contribution < -0.4 is 27.0 Å². The number of hydrogen-bond acceptors (Lipinski definition) is 10. The molecule has 1 aliphatic carbocycles. The van der Waals surface area contributed by atoms with Gasteiger partial charge in [0.05, 0.1) is 26.4 Å². The third-order valence-corrected chi connectivity index (χ3v) is 7.52. The second kappa shape index (κ2) is 18.1. The predicted molar refractivity (Wildman–Crippen MR) is 170 cm³/mol. The van der Waals surface area contributed by atoms with Gasteiger partial charge < -0.3 is 36.5 Å². The largest absolute Gasteiger partial charge is 0.378 e. The van der Waals surface area contributed by atoms with Gasteiger partial charge in [-0.05, 0) is 60.1 Å². The molecular formula is C32H45FN8O3.